The van der Waals surface area contributed by atoms with E-state index in [9.17, 15) is 8.42 Å². The number of anilines is 1. The fraction of sp³-hybridized carbons (Fsp3) is 0.529. The molecule has 0 radical (unpaired) electrons. The molecule has 148 valence electrons. The summed E-state index contributed by atoms with van der Waals surface area (Å²) in [5, 5.41) is 5.86. The Balaban J connectivity index is 1.82. The molecular weight excluding hydrogens is 370 g/mol. The lowest BCUT2D eigenvalue weighted by Crippen LogP contribution is -2.48. The number of hydrogen-bond donors (Lipinski definition) is 2. The van der Waals surface area contributed by atoms with Gasteiger partial charge in [-0.1, -0.05) is 6.92 Å². The Morgan fingerprint density at radius 2 is 1.89 bits per heavy atom. The molecule has 3 N–H and O–H groups in total. The first-order valence-corrected chi connectivity index (χ1v) is 10.3. The van der Waals surface area contributed by atoms with Crippen LogP contribution in [0.15, 0.2) is 12.1 Å². The van der Waals surface area contributed by atoms with Crippen molar-refractivity contribution in [1.29, 1.82) is 0 Å². The van der Waals surface area contributed by atoms with Gasteiger partial charge in [-0.3, -0.25) is 0 Å². The molecule has 9 nitrogen and oxygen atoms in total. The van der Waals surface area contributed by atoms with Gasteiger partial charge in [0, 0.05) is 37.5 Å². The zero-order valence-electron chi connectivity index (χ0n) is 15.7. The third-order valence-electron chi connectivity index (χ3n) is 4.66. The van der Waals surface area contributed by atoms with Crippen molar-refractivity contribution in [3.05, 3.63) is 18.0 Å². The predicted molar refractivity (Wildman–Crippen MR) is 103 cm³/mol. The molecule has 1 aliphatic heterocycles. The average molecular weight is 395 g/mol. The molecule has 2 aromatic rings. The molecule has 10 heteroatoms. The van der Waals surface area contributed by atoms with E-state index >= 15 is 0 Å². The number of nitrogens with zero attached hydrogens (tertiary/aromatic N) is 3. The van der Waals surface area contributed by atoms with Gasteiger partial charge in [0.2, 0.25) is 0 Å². The third-order valence-corrected chi connectivity index (χ3v) is 5.26. The lowest BCUT2D eigenvalue weighted by Gasteiger charge is -2.41. The molecule has 27 heavy (non-hydrogen) atoms. The minimum atomic E-state index is -3.63. The Kier molecular flexibility index (Phi) is 5.68. The van der Waals surface area contributed by atoms with Crippen LogP contribution in [0.2, 0.25) is 0 Å². The molecule has 1 aliphatic rings. The molecule has 0 bridgehead atoms. The number of benzene rings is 1. The highest BCUT2D eigenvalue weighted by Crippen LogP contribution is 2.37. The molecule has 0 amide bonds. The summed E-state index contributed by atoms with van der Waals surface area (Å²) in [5.41, 5.74) is 0.814. The van der Waals surface area contributed by atoms with E-state index in [-0.39, 0.29) is 0 Å². The predicted octanol–water partition coefficient (Wildman–Crippen LogP) is 0.829. The van der Waals surface area contributed by atoms with Crippen molar-refractivity contribution >= 4 is 26.9 Å². The van der Waals surface area contributed by atoms with E-state index in [1.54, 1.807) is 14.2 Å². The summed E-state index contributed by atoms with van der Waals surface area (Å²) in [7, 11) is -0.432. The smallest absolute Gasteiger partial charge is 0.274 e. The van der Waals surface area contributed by atoms with Crippen molar-refractivity contribution in [3.63, 3.8) is 0 Å². The molecule has 1 saturated heterocycles. The van der Waals surface area contributed by atoms with E-state index in [4.69, 9.17) is 19.6 Å². The summed E-state index contributed by atoms with van der Waals surface area (Å²) in [4.78, 5) is 11.5. The third kappa shape index (κ3) is 4.40. The summed E-state index contributed by atoms with van der Waals surface area (Å²) in [6, 6.07) is 3.77. The first-order valence-electron chi connectivity index (χ1n) is 8.79. The number of fused-ring (bicyclic) bond motifs is 1. The SMILES string of the molecule is CCc1nc(N2CC(CCNS(N)(=O)=O)C2)c2cc(OC)c(OC)cc2n1. The Labute approximate surface area is 159 Å². The maximum Gasteiger partial charge on any atom is 0.274 e. The van der Waals surface area contributed by atoms with Gasteiger partial charge in [-0.15, -0.1) is 0 Å². The first-order chi connectivity index (χ1) is 12.8. The molecule has 0 atom stereocenters. The average Bonchev–Trinajstić information content (AvgIpc) is 2.60. The zero-order chi connectivity index (χ0) is 19.6. The summed E-state index contributed by atoms with van der Waals surface area (Å²) in [6.45, 7) is 3.96. The van der Waals surface area contributed by atoms with Gasteiger partial charge in [0.05, 0.1) is 19.7 Å². The summed E-state index contributed by atoms with van der Waals surface area (Å²) >= 11 is 0. The molecule has 0 aliphatic carbocycles. The highest BCUT2D eigenvalue weighted by atomic mass is 32.2. The van der Waals surface area contributed by atoms with E-state index in [1.165, 1.54) is 0 Å². The molecule has 2 heterocycles. The number of aromatic nitrogens is 2. The van der Waals surface area contributed by atoms with E-state index in [0.717, 1.165) is 48.5 Å². The van der Waals surface area contributed by atoms with Gasteiger partial charge < -0.3 is 14.4 Å². The second kappa shape index (κ2) is 7.83. The second-order valence-corrected chi connectivity index (χ2v) is 7.92. The van der Waals surface area contributed by atoms with E-state index < -0.39 is 10.2 Å². The molecular formula is C17H25N5O4S. The van der Waals surface area contributed by atoms with Gasteiger partial charge in [0.1, 0.15) is 11.6 Å². The maximum absolute atomic E-state index is 11.0. The van der Waals surface area contributed by atoms with Crippen LogP contribution in [-0.4, -0.2) is 52.2 Å². The first kappa shape index (κ1) is 19.6. The highest BCUT2D eigenvalue weighted by molar-refractivity contribution is 7.87. The lowest BCUT2D eigenvalue weighted by atomic mass is 9.96. The standard InChI is InChI=1S/C17H25N5O4S/c1-4-16-20-13-8-15(26-3)14(25-2)7-12(13)17(21-16)22-9-11(10-22)5-6-19-27(18,23)24/h7-8,11,19H,4-6,9-10H2,1-3H3,(H2,18,23,24). The van der Waals surface area contributed by atoms with Crippen molar-refractivity contribution < 1.29 is 17.9 Å². The number of aryl methyl sites for hydroxylation is 1. The minimum Gasteiger partial charge on any atom is -0.493 e. The van der Waals surface area contributed by atoms with Gasteiger partial charge in [0.25, 0.3) is 10.2 Å². The topological polar surface area (TPSA) is 120 Å². The van der Waals surface area contributed by atoms with Crippen LogP contribution < -0.4 is 24.2 Å². The van der Waals surface area contributed by atoms with Crippen LogP contribution in [-0.2, 0) is 16.6 Å². The number of hydrogen-bond acceptors (Lipinski definition) is 7. The fourth-order valence-corrected chi connectivity index (χ4v) is 3.62. The zero-order valence-corrected chi connectivity index (χ0v) is 16.5. The van der Waals surface area contributed by atoms with Gasteiger partial charge in [-0.25, -0.2) is 19.8 Å². The molecule has 0 spiro atoms. The Morgan fingerprint density at radius 3 is 2.48 bits per heavy atom. The summed E-state index contributed by atoms with van der Waals surface area (Å²) < 4.78 is 35.0. The van der Waals surface area contributed by atoms with Gasteiger partial charge >= 0.3 is 0 Å². The van der Waals surface area contributed by atoms with Crippen molar-refractivity contribution in [1.82, 2.24) is 14.7 Å². The number of rotatable bonds is 8. The molecule has 1 fully saturated rings. The van der Waals surface area contributed by atoms with Crippen molar-refractivity contribution in [3.8, 4) is 11.5 Å². The van der Waals surface area contributed by atoms with Crippen molar-refractivity contribution in [2.24, 2.45) is 11.1 Å². The fourth-order valence-electron chi connectivity index (χ4n) is 3.22. The minimum absolute atomic E-state index is 0.340. The van der Waals surface area contributed by atoms with E-state index in [2.05, 4.69) is 14.6 Å². The Morgan fingerprint density at radius 1 is 1.22 bits per heavy atom. The van der Waals surface area contributed by atoms with E-state index in [0.29, 0.717) is 24.0 Å². The van der Waals surface area contributed by atoms with Crippen molar-refractivity contribution in [2.45, 2.75) is 19.8 Å². The van der Waals surface area contributed by atoms with Crippen LogP contribution in [0.3, 0.4) is 0 Å². The second-order valence-electron chi connectivity index (χ2n) is 6.54. The van der Waals surface area contributed by atoms with Crippen LogP contribution in [0.25, 0.3) is 10.9 Å². The van der Waals surface area contributed by atoms with Crippen LogP contribution >= 0.6 is 0 Å². The van der Waals surface area contributed by atoms with Gasteiger partial charge in [0.15, 0.2) is 11.5 Å². The Hall–Kier alpha value is -2.17. The lowest BCUT2D eigenvalue weighted by molar-refractivity contribution is 0.355. The molecule has 1 aromatic carbocycles. The molecule has 0 saturated carbocycles. The number of nitrogens with two attached hydrogens (primary N) is 1. The number of ether oxygens (including phenoxy) is 2. The van der Waals surface area contributed by atoms with Crippen LogP contribution in [0.1, 0.15) is 19.2 Å². The van der Waals surface area contributed by atoms with Gasteiger partial charge in [-0.2, -0.15) is 8.42 Å². The quantitative estimate of drug-likeness (QED) is 0.679. The van der Waals surface area contributed by atoms with Crippen LogP contribution in [0, 0.1) is 5.92 Å². The summed E-state index contributed by atoms with van der Waals surface area (Å²) in [6.07, 6.45) is 1.46. The monoisotopic (exact) mass is 395 g/mol. The molecule has 3 rings (SSSR count). The largest absolute Gasteiger partial charge is 0.493 e. The summed E-state index contributed by atoms with van der Waals surface area (Å²) in [5.74, 6) is 3.28. The molecule has 0 unspecified atom stereocenters. The maximum atomic E-state index is 11.0. The van der Waals surface area contributed by atoms with Crippen LogP contribution in [0.4, 0.5) is 5.82 Å². The van der Waals surface area contributed by atoms with Crippen molar-refractivity contribution in [2.75, 3.05) is 38.8 Å². The van der Waals surface area contributed by atoms with Gasteiger partial charge in [-0.05, 0) is 18.4 Å². The highest BCUT2D eigenvalue weighted by Gasteiger charge is 2.29. The molecule has 1 aromatic heterocycles. The normalized spacial score (nSPS) is 15.0. The van der Waals surface area contributed by atoms with E-state index in [1.807, 2.05) is 19.1 Å². The van der Waals surface area contributed by atoms with Crippen LogP contribution in [0.5, 0.6) is 11.5 Å². The number of methoxy groups -OCH3 is 2. The Bertz CT molecular complexity index is 929. The number of nitrogens with one attached hydrogen (secondary N) is 1.